The Bertz CT molecular complexity index is 4470. The monoisotopic (exact) mass is 1510 g/mol. The number of hydrogen-bond acceptors (Lipinski definition) is 15. The molecule has 0 saturated carbocycles. The fourth-order valence-corrected chi connectivity index (χ4v) is 11.1. The van der Waals surface area contributed by atoms with Crippen LogP contribution in [0, 0.1) is 0 Å². The molecule has 105 heavy (non-hydrogen) atoms. The van der Waals surface area contributed by atoms with Crippen LogP contribution in [0.1, 0.15) is 122 Å². The third-order valence-corrected chi connectivity index (χ3v) is 16.7. The van der Waals surface area contributed by atoms with Gasteiger partial charge in [0.25, 0.3) is 19.4 Å². The standard InChI is InChI=1S/C61H64F3N6.C22H15N3O6.CNS.Ru/c1-57(2,3)41-13-21-45(22-14-41)68(46-23-15-42(16-24-46)58(4,5)6)49-29-33-51(34-30-49)70(53-37-38-65-54(39-53)55-40-56(67-66-55)61(62,63)64)52-35-31-50(32-36-52)69(47-25-17-43(18-26-47)59(7,8)9)48-27-19-44(20-28-48)60(10,11)12;26-13-29-7-3-16-1-5-23-19(9-16)21-11-18(31-15-28)12-22(25-21)20-10-17(2-6-24-20)4-8-30-14-27;2-1-3;/h13-40H,1-12H3;1-15H;;/q-1;;-1;+2/b;7-3+,8-4+;;. The normalized spacial score (nSPS) is 11.6. The largest absolute Gasteiger partial charge is 2.00 e. The van der Waals surface area contributed by atoms with E-state index in [2.05, 4.69) is 295 Å². The number of thiocarbonyl (C=S) groups is 1. The van der Waals surface area contributed by atoms with E-state index in [9.17, 15) is 27.6 Å². The Morgan fingerprint density at radius 2 is 0.714 bits per heavy atom. The van der Waals surface area contributed by atoms with Crippen LogP contribution in [-0.2, 0) is 71.2 Å². The van der Waals surface area contributed by atoms with Gasteiger partial charge in [0.05, 0.1) is 41.0 Å². The van der Waals surface area contributed by atoms with Crippen LogP contribution in [0.5, 0.6) is 5.75 Å². The number of isothiocyanates is 1. The van der Waals surface area contributed by atoms with Crippen LogP contribution in [0.4, 0.5) is 64.4 Å². The first-order valence-electron chi connectivity index (χ1n) is 33.1. The van der Waals surface area contributed by atoms with Crippen molar-refractivity contribution in [1.29, 1.82) is 0 Å². The van der Waals surface area contributed by atoms with E-state index in [4.69, 9.17) is 10.1 Å². The molecule has 0 saturated heterocycles. The van der Waals surface area contributed by atoms with Crippen molar-refractivity contribution in [3.05, 3.63) is 276 Å². The molecule has 0 radical (unpaired) electrons. The summed E-state index contributed by atoms with van der Waals surface area (Å²) in [6.45, 7) is 27.5. The molecule has 0 aliphatic heterocycles. The quantitative estimate of drug-likeness (QED) is 0.0230. The fraction of sp³-hybridized carbons (Fsp3) is 0.202. The van der Waals surface area contributed by atoms with Gasteiger partial charge < -0.3 is 44.5 Å². The Morgan fingerprint density at radius 1 is 0.410 bits per heavy atom. The summed E-state index contributed by atoms with van der Waals surface area (Å²) in [5.74, 6) is 0.258. The fourth-order valence-electron chi connectivity index (χ4n) is 11.1. The van der Waals surface area contributed by atoms with E-state index in [1.165, 1.54) is 39.9 Å². The van der Waals surface area contributed by atoms with E-state index in [-0.39, 0.29) is 58.3 Å². The number of nitrogens with zero attached hydrogens (tertiary/aromatic N) is 10. The number of rotatable bonds is 20. The molecule has 11 rings (SSSR count). The summed E-state index contributed by atoms with van der Waals surface area (Å²) in [4.78, 5) is 55.7. The van der Waals surface area contributed by atoms with E-state index >= 15 is 0 Å². The van der Waals surface area contributed by atoms with Gasteiger partial charge in [-0.15, -0.1) is 0 Å². The number of pyridine rings is 4. The number of alkyl halides is 3. The maximum Gasteiger partial charge on any atom is 2.00 e. The number of benzene rings is 6. The Morgan fingerprint density at radius 3 is 1.01 bits per heavy atom. The molecule has 5 heterocycles. The predicted molar refractivity (Wildman–Crippen MR) is 410 cm³/mol. The summed E-state index contributed by atoms with van der Waals surface area (Å²) in [6.07, 6.45) is 5.77. The maximum absolute atomic E-state index is 13.7. The first-order valence-corrected chi connectivity index (χ1v) is 33.5. The topological polar surface area (TPSA) is 189 Å². The number of aromatic nitrogens is 6. The molecule has 0 fully saturated rings. The summed E-state index contributed by atoms with van der Waals surface area (Å²) < 4.78 is 55.2. The molecule has 16 nitrogen and oxygen atoms in total. The minimum atomic E-state index is -4.63. The van der Waals surface area contributed by atoms with Crippen LogP contribution in [-0.4, -0.2) is 49.6 Å². The van der Waals surface area contributed by atoms with E-state index in [0.29, 0.717) is 47.9 Å². The molecule has 0 aliphatic rings. The van der Waals surface area contributed by atoms with Gasteiger partial charge in [-0.25, -0.2) is 4.98 Å². The molecule has 0 aliphatic carbocycles. The first-order chi connectivity index (χ1) is 49.5. The van der Waals surface area contributed by atoms with Crippen LogP contribution in [0.3, 0.4) is 0 Å². The summed E-state index contributed by atoms with van der Waals surface area (Å²) in [5.41, 5.74) is 15.9. The van der Waals surface area contributed by atoms with E-state index in [1.807, 2.05) is 6.07 Å². The minimum Gasteiger partial charge on any atom is -0.753 e. The predicted octanol–water partition coefficient (Wildman–Crippen LogP) is 21.4. The molecule has 0 N–H and O–H groups in total. The summed E-state index contributed by atoms with van der Waals surface area (Å²) in [7, 11) is 0. The second-order valence-corrected chi connectivity index (χ2v) is 28.3. The van der Waals surface area contributed by atoms with Crippen molar-refractivity contribution in [2.75, 3.05) is 14.7 Å². The molecule has 0 spiro atoms. The van der Waals surface area contributed by atoms with E-state index in [1.54, 1.807) is 73.2 Å². The van der Waals surface area contributed by atoms with Crippen molar-refractivity contribution in [2.24, 2.45) is 0 Å². The van der Waals surface area contributed by atoms with Gasteiger partial charge in [-0.1, -0.05) is 150 Å². The Kier molecular flexibility index (Phi) is 26.2. The zero-order chi connectivity index (χ0) is 75.0. The van der Waals surface area contributed by atoms with E-state index in [0.717, 1.165) is 62.7 Å². The molecule has 21 heteroatoms. The zero-order valence-electron chi connectivity index (χ0n) is 60.1. The Balaban J connectivity index is 0.000000332. The molecule has 5 aromatic heterocycles. The van der Waals surface area contributed by atoms with Crippen LogP contribution in [0.2, 0.25) is 0 Å². The molecule has 0 bridgehead atoms. The third-order valence-electron chi connectivity index (χ3n) is 16.7. The Labute approximate surface area is 629 Å². The summed E-state index contributed by atoms with van der Waals surface area (Å²) in [6, 6.07) is 66.3. The molecular formula is C84H79F3N10O6RuS. The second kappa shape index (κ2) is 34.7. The number of hydrogen-bond donors (Lipinski definition) is 0. The summed E-state index contributed by atoms with van der Waals surface area (Å²) in [5, 5.41) is 15.8. The van der Waals surface area contributed by atoms with Gasteiger partial charge in [-0.3, -0.25) is 29.3 Å². The van der Waals surface area contributed by atoms with Crippen molar-refractivity contribution in [3.63, 3.8) is 0 Å². The van der Waals surface area contributed by atoms with E-state index < -0.39 is 11.9 Å². The van der Waals surface area contributed by atoms with Gasteiger partial charge in [0.2, 0.25) is 0 Å². The number of carbonyl (C=O) groups excluding carboxylic acids is 3. The van der Waals surface area contributed by atoms with Gasteiger partial charge in [-0.05, 0) is 207 Å². The van der Waals surface area contributed by atoms with Gasteiger partial charge in [0.15, 0.2) is 0 Å². The zero-order valence-corrected chi connectivity index (χ0v) is 62.7. The van der Waals surface area contributed by atoms with Crippen molar-refractivity contribution >= 4 is 100 Å². The van der Waals surface area contributed by atoms with Crippen molar-refractivity contribution < 1.29 is 61.2 Å². The van der Waals surface area contributed by atoms with Crippen LogP contribution < -0.4 is 24.5 Å². The van der Waals surface area contributed by atoms with Gasteiger partial charge in [-0.2, -0.15) is 18.3 Å². The third kappa shape index (κ3) is 20.9. The van der Waals surface area contributed by atoms with Crippen molar-refractivity contribution in [3.8, 4) is 39.9 Å². The number of carbonyl (C=O) groups is 3. The van der Waals surface area contributed by atoms with Gasteiger partial charge >= 0.3 is 25.7 Å². The minimum absolute atomic E-state index is 0. The molecule has 0 unspecified atom stereocenters. The molecular weight excluding hydrogens is 1440 g/mol. The van der Waals surface area contributed by atoms with Gasteiger partial charge in [0.1, 0.15) is 11.4 Å². The summed E-state index contributed by atoms with van der Waals surface area (Å²) >= 11 is 3.70. The van der Waals surface area contributed by atoms with Crippen molar-refractivity contribution in [2.45, 2.75) is 111 Å². The molecule has 0 atom stereocenters. The van der Waals surface area contributed by atoms with Crippen LogP contribution in [0.25, 0.3) is 51.7 Å². The SMILES string of the molecule is CC(C)(C)c1ccc(N(c2ccc(N(c3ccc(N(c4ccc(C(C)(C)C)cc4)c4ccc(C(C)(C)C)cc4)cc3)c3ccnc(-c4cc(C(F)(F)F)n[n-]4)c3)cc2)c2ccc(C(C)(C)C)cc2)cc1.O=CO/C=C/c1ccnc(-c2cc(OC=O)cc(-c3cc(/C=C/OC=O)ccn3)n2)c1.[N-]=C=S.[Ru+2]. The molecule has 11 aromatic rings. The van der Waals surface area contributed by atoms with Crippen LogP contribution in [0.15, 0.2) is 231 Å². The average molecular weight is 1510 g/mol. The first kappa shape index (κ1) is 79.3. The molecule has 536 valence electrons. The molecule has 6 aromatic carbocycles. The van der Waals surface area contributed by atoms with Crippen LogP contribution >= 0.6 is 12.2 Å². The molecule has 0 amide bonds. The average Bonchev–Trinajstić information content (AvgIpc) is 1.07. The smallest absolute Gasteiger partial charge is 0.753 e. The number of ether oxygens (including phenoxy) is 3. The van der Waals surface area contributed by atoms with Gasteiger partial charge in [0, 0.05) is 81.9 Å². The number of anilines is 9. The maximum atomic E-state index is 13.7. The Hall–Kier alpha value is -11.4. The number of halogens is 3. The second-order valence-electron chi connectivity index (χ2n) is 28.1. The van der Waals surface area contributed by atoms with Crippen molar-refractivity contribution in [1.82, 2.24) is 30.1 Å².